The van der Waals surface area contributed by atoms with Crippen LogP contribution in [0.25, 0.3) is 10.8 Å². The fourth-order valence-electron chi connectivity index (χ4n) is 4.47. The van der Waals surface area contributed by atoms with Crippen molar-refractivity contribution in [3.05, 3.63) is 147 Å². The van der Waals surface area contributed by atoms with Crippen LogP contribution >= 0.6 is 11.8 Å². The number of carbonyl (C=O) groups is 3. The second kappa shape index (κ2) is 12.6. The summed E-state index contributed by atoms with van der Waals surface area (Å²) in [5, 5.41) is 17.0. The Morgan fingerprint density at radius 2 is 1.35 bits per heavy atom. The van der Waals surface area contributed by atoms with Gasteiger partial charge in [-0.25, -0.2) is 4.79 Å². The van der Waals surface area contributed by atoms with Gasteiger partial charge in [-0.3, -0.25) is 19.7 Å². The van der Waals surface area contributed by atoms with Crippen LogP contribution in [0.3, 0.4) is 0 Å². The van der Waals surface area contributed by atoms with Crippen LogP contribution in [0.4, 0.5) is 5.69 Å². The molecule has 9 heteroatoms. The molecule has 0 unspecified atom stereocenters. The monoisotopic (exact) mass is 588 g/mol. The van der Waals surface area contributed by atoms with Crippen LogP contribution in [0.5, 0.6) is 0 Å². The van der Waals surface area contributed by atoms with E-state index < -0.39 is 16.7 Å². The van der Waals surface area contributed by atoms with Gasteiger partial charge < -0.3 is 4.84 Å². The Morgan fingerprint density at radius 1 is 0.744 bits per heavy atom. The van der Waals surface area contributed by atoms with E-state index >= 15 is 0 Å². The van der Waals surface area contributed by atoms with Crippen molar-refractivity contribution in [2.24, 2.45) is 5.16 Å². The van der Waals surface area contributed by atoms with Gasteiger partial charge in [-0.05, 0) is 83.9 Å². The Morgan fingerprint density at radius 3 is 1.95 bits per heavy atom. The van der Waals surface area contributed by atoms with Gasteiger partial charge in [0.1, 0.15) is 0 Å². The first-order chi connectivity index (χ1) is 20.7. The zero-order valence-corrected chi connectivity index (χ0v) is 24.0. The molecule has 0 saturated carbocycles. The van der Waals surface area contributed by atoms with Crippen molar-refractivity contribution in [2.45, 2.75) is 23.6 Å². The molecule has 43 heavy (non-hydrogen) atoms. The van der Waals surface area contributed by atoms with Crippen LogP contribution in [-0.4, -0.2) is 28.2 Å². The second-order valence-electron chi connectivity index (χ2n) is 9.65. The summed E-state index contributed by atoms with van der Waals surface area (Å²) in [6.07, 6.45) is 0. The quantitative estimate of drug-likeness (QED) is 0.0573. The minimum Gasteiger partial charge on any atom is -0.318 e. The number of ketones is 2. The SMILES string of the molecule is CC(=O)O/N=C(/C(=O)c1ccc(Sc2ccc(C(=O)c3ccc4ccccc4c3)cc2)cc1)c1ccc([N+](=O)[O-])cc1C. The zero-order valence-electron chi connectivity index (χ0n) is 23.1. The molecule has 5 aromatic rings. The molecular formula is C34H24N2O6S. The van der Waals surface area contributed by atoms with Gasteiger partial charge in [-0.15, -0.1) is 0 Å². The highest BCUT2D eigenvalue weighted by Gasteiger charge is 2.21. The van der Waals surface area contributed by atoms with E-state index in [1.807, 2.05) is 54.6 Å². The highest BCUT2D eigenvalue weighted by molar-refractivity contribution is 7.99. The minimum absolute atomic E-state index is 0.0559. The number of benzene rings is 5. The largest absolute Gasteiger partial charge is 0.332 e. The Labute approximate surface area is 251 Å². The molecule has 0 radical (unpaired) electrons. The lowest BCUT2D eigenvalue weighted by Gasteiger charge is -2.09. The number of nitro benzene ring substituents is 1. The van der Waals surface area contributed by atoms with Gasteiger partial charge in [0.25, 0.3) is 5.69 Å². The predicted molar refractivity (Wildman–Crippen MR) is 165 cm³/mol. The smallest absolute Gasteiger partial charge is 0.318 e. The molecule has 8 nitrogen and oxygen atoms in total. The van der Waals surface area contributed by atoms with Crippen molar-refractivity contribution in [2.75, 3.05) is 0 Å². The Kier molecular flexibility index (Phi) is 8.54. The molecule has 0 saturated heterocycles. The zero-order chi connectivity index (χ0) is 30.5. The highest BCUT2D eigenvalue weighted by Crippen LogP contribution is 2.29. The number of fused-ring (bicyclic) bond motifs is 1. The number of nitrogens with zero attached hydrogens (tertiary/aromatic N) is 2. The number of nitro groups is 1. The summed E-state index contributed by atoms with van der Waals surface area (Å²) < 4.78 is 0. The van der Waals surface area contributed by atoms with Crippen LogP contribution in [0, 0.1) is 17.0 Å². The molecule has 0 heterocycles. The summed E-state index contributed by atoms with van der Waals surface area (Å²) in [5.74, 6) is -1.27. The summed E-state index contributed by atoms with van der Waals surface area (Å²) in [7, 11) is 0. The molecule has 0 amide bonds. The Bertz CT molecular complexity index is 1910. The number of carbonyl (C=O) groups excluding carboxylic acids is 3. The van der Waals surface area contributed by atoms with Gasteiger partial charge >= 0.3 is 5.97 Å². The minimum atomic E-state index is -0.707. The average molecular weight is 589 g/mol. The van der Waals surface area contributed by atoms with Gasteiger partial charge in [-0.1, -0.05) is 53.3 Å². The first-order valence-corrected chi connectivity index (χ1v) is 14.0. The third-order valence-corrected chi connectivity index (χ3v) is 7.65. The predicted octanol–water partition coefficient (Wildman–Crippen LogP) is 7.59. The standard InChI is InChI=1S/C34H24N2O6S/c1-21-19-28(36(40)41)13-18-31(21)32(35-42-22(2)37)34(39)25-11-16-30(17-12-25)43-29-14-9-24(10-15-29)33(38)27-8-7-23-5-3-4-6-26(23)20-27/h3-20H,1-2H3/b35-32+. The van der Waals surface area contributed by atoms with Crippen molar-refractivity contribution in [1.29, 1.82) is 0 Å². The number of rotatable bonds is 9. The molecule has 5 rings (SSSR count). The summed E-state index contributed by atoms with van der Waals surface area (Å²) in [6.45, 7) is 2.77. The lowest BCUT2D eigenvalue weighted by molar-refractivity contribution is -0.384. The van der Waals surface area contributed by atoms with E-state index in [-0.39, 0.29) is 17.2 Å². The maximum absolute atomic E-state index is 13.4. The molecule has 0 aromatic heterocycles. The Hall–Kier alpha value is -5.41. The maximum Gasteiger partial charge on any atom is 0.332 e. The molecule has 0 spiro atoms. The first-order valence-electron chi connectivity index (χ1n) is 13.2. The fraction of sp³-hybridized carbons (Fsp3) is 0.0588. The number of non-ortho nitro benzene ring substituents is 1. The number of hydrogen-bond donors (Lipinski definition) is 0. The number of oxime groups is 1. The summed E-state index contributed by atoms with van der Waals surface area (Å²) in [5.41, 5.74) is 1.98. The molecule has 212 valence electrons. The van der Waals surface area contributed by atoms with E-state index in [0.717, 1.165) is 27.5 Å². The van der Waals surface area contributed by atoms with Crippen molar-refractivity contribution < 1.29 is 24.1 Å². The highest BCUT2D eigenvalue weighted by atomic mass is 32.2. The Balaban J connectivity index is 1.31. The van der Waals surface area contributed by atoms with Crippen LogP contribution < -0.4 is 0 Å². The van der Waals surface area contributed by atoms with Crippen molar-refractivity contribution >= 4 is 51.5 Å². The van der Waals surface area contributed by atoms with Gasteiger partial charge in [-0.2, -0.15) is 0 Å². The van der Waals surface area contributed by atoms with Gasteiger partial charge in [0.2, 0.25) is 5.78 Å². The fourth-order valence-corrected chi connectivity index (χ4v) is 5.29. The first kappa shape index (κ1) is 29.1. The normalized spacial score (nSPS) is 11.3. The molecular weight excluding hydrogens is 564 g/mol. The van der Waals surface area contributed by atoms with Gasteiger partial charge in [0, 0.05) is 51.1 Å². The van der Waals surface area contributed by atoms with E-state index in [4.69, 9.17) is 4.84 Å². The molecule has 0 aliphatic carbocycles. The lowest BCUT2D eigenvalue weighted by Crippen LogP contribution is -2.18. The lowest BCUT2D eigenvalue weighted by atomic mass is 9.97. The van der Waals surface area contributed by atoms with E-state index in [1.165, 1.54) is 30.0 Å². The number of Topliss-reactive ketones (excluding diaryl/α,β-unsaturated/α-hetero) is 1. The molecule has 0 N–H and O–H groups in total. The molecule has 5 aromatic carbocycles. The van der Waals surface area contributed by atoms with E-state index in [1.54, 1.807) is 43.3 Å². The maximum atomic E-state index is 13.4. The van der Waals surface area contributed by atoms with Crippen molar-refractivity contribution in [3.63, 3.8) is 0 Å². The molecule has 0 aliphatic heterocycles. The van der Waals surface area contributed by atoms with Crippen molar-refractivity contribution in [3.8, 4) is 0 Å². The van der Waals surface area contributed by atoms with Gasteiger partial charge in [0.15, 0.2) is 11.5 Å². The molecule has 0 bridgehead atoms. The van der Waals surface area contributed by atoms with Crippen LogP contribution in [-0.2, 0) is 9.63 Å². The average Bonchev–Trinajstić information content (AvgIpc) is 3.01. The van der Waals surface area contributed by atoms with E-state index in [9.17, 15) is 24.5 Å². The molecule has 0 fully saturated rings. The molecule has 0 atom stereocenters. The van der Waals surface area contributed by atoms with Crippen LogP contribution in [0.15, 0.2) is 124 Å². The number of hydrogen-bond acceptors (Lipinski definition) is 8. The number of aryl methyl sites for hydroxylation is 1. The van der Waals surface area contributed by atoms with E-state index in [0.29, 0.717) is 27.8 Å². The topological polar surface area (TPSA) is 116 Å². The van der Waals surface area contributed by atoms with Crippen LogP contribution in [0.1, 0.15) is 44.3 Å². The van der Waals surface area contributed by atoms with E-state index in [2.05, 4.69) is 5.16 Å². The van der Waals surface area contributed by atoms with Gasteiger partial charge in [0.05, 0.1) is 4.92 Å². The molecule has 0 aliphatic rings. The third-order valence-electron chi connectivity index (χ3n) is 6.64. The van der Waals surface area contributed by atoms with Crippen LogP contribution in [0.2, 0.25) is 0 Å². The summed E-state index contributed by atoms with van der Waals surface area (Å²) in [4.78, 5) is 55.0. The third kappa shape index (κ3) is 6.74. The summed E-state index contributed by atoms with van der Waals surface area (Å²) in [6, 6.07) is 31.7. The summed E-state index contributed by atoms with van der Waals surface area (Å²) >= 11 is 1.47. The second-order valence-corrected chi connectivity index (χ2v) is 10.8. The van der Waals surface area contributed by atoms with Crippen molar-refractivity contribution in [1.82, 2.24) is 0 Å².